The molecule has 2 N–H and O–H groups in total. The molecule has 1 aromatic carbocycles. The van der Waals surface area contributed by atoms with Gasteiger partial charge in [0.05, 0.1) is 0 Å². The van der Waals surface area contributed by atoms with Gasteiger partial charge in [-0.2, -0.15) is 0 Å². The molecule has 0 aromatic heterocycles. The Bertz CT molecular complexity index is 490. The van der Waals surface area contributed by atoms with Gasteiger partial charge >= 0.3 is 0 Å². The molecular formula is C20H33N3. The molecule has 0 radical (unpaired) electrons. The second-order valence-electron chi connectivity index (χ2n) is 7.30. The van der Waals surface area contributed by atoms with Crippen molar-refractivity contribution in [1.82, 2.24) is 0 Å². The maximum absolute atomic E-state index is 7.66. The van der Waals surface area contributed by atoms with Crippen molar-refractivity contribution >= 4 is 17.6 Å². The first kappa shape index (κ1) is 17.8. The lowest BCUT2D eigenvalue weighted by atomic mass is 9.88. The van der Waals surface area contributed by atoms with Gasteiger partial charge in [0.1, 0.15) is 0 Å². The van der Waals surface area contributed by atoms with Crippen molar-refractivity contribution in [2.45, 2.75) is 52.4 Å². The fraction of sp³-hybridized carbons (Fsp3) is 0.650. The summed E-state index contributed by atoms with van der Waals surface area (Å²) >= 11 is 0. The van der Waals surface area contributed by atoms with E-state index in [9.17, 15) is 0 Å². The number of hydrogen-bond donors (Lipinski definition) is 2. The molecule has 0 aliphatic heterocycles. The van der Waals surface area contributed by atoms with E-state index in [0.29, 0.717) is 0 Å². The number of hydrogen-bond acceptors (Lipinski definition) is 3. The van der Waals surface area contributed by atoms with Gasteiger partial charge in [-0.3, -0.25) is 0 Å². The van der Waals surface area contributed by atoms with Crippen molar-refractivity contribution in [1.29, 1.82) is 5.41 Å². The normalized spacial score (nSPS) is 15.7. The van der Waals surface area contributed by atoms with Gasteiger partial charge in [-0.25, -0.2) is 0 Å². The number of rotatable bonds is 8. The van der Waals surface area contributed by atoms with Crippen LogP contribution in [0.2, 0.25) is 0 Å². The van der Waals surface area contributed by atoms with Crippen LogP contribution in [0.3, 0.4) is 0 Å². The van der Waals surface area contributed by atoms with Crippen LogP contribution in [0.25, 0.3) is 0 Å². The first-order valence-electron chi connectivity index (χ1n) is 9.21. The molecule has 3 nitrogen and oxygen atoms in total. The van der Waals surface area contributed by atoms with E-state index in [1.807, 2.05) is 7.05 Å². The van der Waals surface area contributed by atoms with Crippen LogP contribution in [0, 0.1) is 17.2 Å². The highest BCUT2D eigenvalue weighted by molar-refractivity contribution is 5.87. The first-order valence-corrected chi connectivity index (χ1v) is 9.21. The summed E-state index contributed by atoms with van der Waals surface area (Å²) in [5.41, 5.74) is 3.28. The van der Waals surface area contributed by atoms with E-state index in [0.717, 1.165) is 29.6 Å². The van der Waals surface area contributed by atoms with Crippen LogP contribution in [0.15, 0.2) is 18.2 Å². The van der Waals surface area contributed by atoms with Crippen molar-refractivity contribution in [3.8, 4) is 0 Å². The molecule has 0 amide bonds. The van der Waals surface area contributed by atoms with Crippen LogP contribution in [0.1, 0.15) is 57.9 Å². The van der Waals surface area contributed by atoms with Crippen molar-refractivity contribution < 1.29 is 0 Å². The van der Waals surface area contributed by atoms with Gasteiger partial charge in [-0.05, 0) is 49.3 Å². The van der Waals surface area contributed by atoms with Gasteiger partial charge in [-0.1, -0.05) is 33.1 Å². The van der Waals surface area contributed by atoms with E-state index in [2.05, 4.69) is 42.3 Å². The molecule has 0 bridgehead atoms. The third-order valence-electron chi connectivity index (χ3n) is 5.00. The van der Waals surface area contributed by atoms with Gasteiger partial charge in [-0.15, -0.1) is 0 Å². The third kappa shape index (κ3) is 5.26. The summed E-state index contributed by atoms with van der Waals surface area (Å²) < 4.78 is 0. The molecule has 1 aromatic rings. The molecule has 1 saturated carbocycles. The zero-order valence-corrected chi connectivity index (χ0v) is 15.1. The third-order valence-corrected chi connectivity index (χ3v) is 5.00. The largest absolute Gasteiger partial charge is 0.388 e. The molecule has 2 rings (SSSR count). The minimum atomic E-state index is 0.725. The smallest absolute Gasteiger partial charge is 0.0428 e. The molecule has 0 unspecified atom stereocenters. The number of benzene rings is 1. The lowest BCUT2D eigenvalue weighted by Crippen LogP contribution is -2.32. The zero-order valence-electron chi connectivity index (χ0n) is 15.1. The Morgan fingerprint density at radius 2 is 2.00 bits per heavy atom. The van der Waals surface area contributed by atoms with E-state index in [1.54, 1.807) is 0 Å². The Morgan fingerprint density at radius 1 is 1.26 bits per heavy atom. The van der Waals surface area contributed by atoms with E-state index < -0.39 is 0 Å². The molecule has 0 saturated heterocycles. The average molecular weight is 316 g/mol. The van der Waals surface area contributed by atoms with Crippen LogP contribution in [0.4, 0.5) is 11.4 Å². The minimum absolute atomic E-state index is 0.725. The Labute approximate surface area is 142 Å². The molecule has 1 aliphatic rings. The van der Waals surface area contributed by atoms with Gasteiger partial charge in [0.15, 0.2) is 0 Å². The summed E-state index contributed by atoms with van der Waals surface area (Å²) in [5.74, 6) is 1.56. The fourth-order valence-electron chi connectivity index (χ4n) is 3.52. The summed E-state index contributed by atoms with van der Waals surface area (Å²) in [6, 6.07) is 6.49. The van der Waals surface area contributed by atoms with Crippen LogP contribution in [0.5, 0.6) is 0 Å². The zero-order chi connectivity index (χ0) is 16.7. The topological polar surface area (TPSA) is 39.1 Å². The van der Waals surface area contributed by atoms with Gasteiger partial charge < -0.3 is 15.6 Å². The maximum Gasteiger partial charge on any atom is 0.0428 e. The van der Waals surface area contributed by atoms with E-state index in [4.69, 9.17) is 5.41 Å². The van der Waals surface area contributed by atoms with Gasteiger partial charge in [0.2, 0.25) is 0 Å². The molecule has 0 atom stereocenters. The highest BCUT2D eigenvalue weighted by Crippen LogP contribution is 2.28. The summed E-state index contributed by atoms with van der Waals surface area (Å²) in [4.78, 5) is 2.56. The minimum Gasteiger partial charge on any atom is -0.388 e. The molecule has 0 spiro atoms. The Morgan fingerprint density at radius 3 is 2.61 bits per heavy atom. The van der Waals surface area contributed by atoms with Crippen molar-refractivity contribution in [3.63, 3.8) is 0 Å². The second kappa shape index (κ2) is 8.95. The average Bonchev–Trinajstić information content (AvgIpc) is 2.58. The predicted molar refractivity (Wildman–Crippen MR) is 102 cm³/mol. The van der Waals surface area contributed by atoms with Crippen LogP contribution in [-0.4, -0.2) is 26.4 Å². The number of nitrogens with one attached hydrogen (secondary N) is 2. The summed E-state index contributed by atoms with van der Waals surface area (Å²) in [5, 5.41) is 10.8. The molecule has 1 aliphatic carbocycles. The second-order valence-corrected chi connectivity index (χ2v) is 7.30. The number of nitrogens with zero attached hydrogens (tertiary/aromatic N) is 1. The standard InChI is InChI=1S/C20H33N3/c1-16(2)11-12-23(15-17-7-5-4-6-8-17)19-9-10-20(22-3)18(13-19)14-21/h9-10,13-14,16-17,21-22H,4-8,11-12,15H2,1-3H3. The van der Waals surface area contributed by atoms with Crippen molar-refractivity contribution in [2.75, 3.05) is 30.4 Å². The molecule has 1 fully saturated rings. The lowest BCUT2D eigenvalue weighted by Gasteiger charge is -2.32. The molecule has 23 heavy (non-hydrogen) atoms. The lowest BCUT2D eigenvalue weighted by molar-refractivity contribution is 0.355. The fourth-order valence-corrected chi connectivity index (χ4v) is 3.52. The predicted octanol–water partition coefficient (Wildman–Crippen LogP) is 5.16. The molecule has 3 heteroatoms. The monoisotopic (exact) mass is 315 g/mol. The van der Waals surface area contributed by atoms with Crippen LogP contribution in [-0.2, 0) is 0 Å². The summed E-state index contributed by atoms with van der Waals surface area (Å²) in [6.07, 6.45) is 9.64. The van der Waals surface area contributed by atoms with E-state index >= 15 is 0 Å². The SMILES string of the molecule is CNc1ccc(N(CCC(C)C)CC2CCCCC2)cc1C=N. The van der Waals surface area contributed by atoms with Gasteiger partial charge in [0.25, 0.3) is 0 Å². The van der Waals surface area contributed by atoms with E-state index in [1.165, 1.54) is 57.0 Å². The van der Waals surface area contributed by atoms with Crippen LogP contribution < -0.4 is 10.2 Å². The van der Waals surface area contributed by atoms with Gasteiger partial charge in [0, 0.05) is 43.3 Å². The molecule has 0 heterocycles. The number of anilines is 2. The molecule has 128 valence electrons. The Kier molecular flexibility index (Phi) is 6.94. The Hall–Kier alpha value is -1.51. The van der Waals surface area contributed by atoms with Crippen molar-refractivity contribution in [2.24, 2.45) is 11.8 Å². The quantitative estimate of drug-likeness (QED) is 0.650. The summed E-state index contributed by atoms with van der Waals surface area (Å²) in [7, 11) is 1.92. The first-order chi connectivity index (χ1) is 11.1. The highest BCUT2D eigenvalue weighted by Gasteiger charge is 2.18. The van der Waals surface area contributed by atoms with Crippen molar-refractivity contribution in [3.05, 3.63) is 23.8 Å². The molecular weight excluding hydrogens is 282 g/mol. The maximum atomic E-state index is 7.66. The van der Waals surface area contributed by atoms with Crippen LogP contribution >= 0.6 is 0 Å². The Balaban J connectivity index is 2.15. The highest BCUT2D eigenvalue weighted by atomic mass is 15.1. The van der Waals surface area contributed by atoms with E-state index in [-0.39, 0.29) is 0 Å². The summed E-state index contributed by atoms with van der Waals surface area (Å²) in [6.45, 7) is 6.88.